The Hall–Kier alpha value is -4.04. The molecular formula is C41H64N6O7S. The molecule has 55 heavy (non-hydrogen) atoms. The van der Waals surface area contributed by atoms with Gasteiger partial charge >= 0.3 is 11.9 Å². The Labute approximate surface area is 331 Å². The van der Waals surface area contributed by atoms with Crippen LogP contribution in [0.3, 0.4) is 0 Å². The third-order valence-corrected chi connectivity index (χ3v) is 12.2. The van der Waals surface area contributed by atoms with E-state index in [0.717, 1.165) is 31.4 Å². The fraction of sp³-hybridized carbons (Fsp3) is 0.659. The maximum atomic E-state index is 14.6. The van der Waals surface area contributed by atoms with Crippen molar-refractivity contribution in [2.75, 3.05) is 25.9 Å². The number of rotatable bonds is 20. The molecule has 306 valence electrons. The Bertz CT molecular complexity index is 1600. The average molecular weight is 785 g/mol. The summed E-state index contributed by atoms with van der Waals surface area (Å²) >= 11 is 1.18. The molecule has 0 saturated carbocycles. The van der Waals surface area contributed by atoms with Gasteiger partial charge in [0, 0.05) is 43.0 Å². The number of nitrogens with zero attached hydrogens (tertiary/aromatic N) is 3. The Balaban J connectivity index is 1.88. The topological polar surface area (TPSA) is 184 Å². The zero-order chi connectivity index (χ0) is 41.0. The van der Waals surface area contributed by atoms with Crippen LogP contribution < -0.4 is 16.4 Å². The highest BCUT2D eigenvalue weighted by Crippen LogP contribution is 2.33. The highest BCUT2D eigenvalue weighted by atomic mass is 32.1. The molecule has 0 radical (unpaired) electrons. The molecule has 0 aliphatic carbocycles. The van der Waals surface area contributed by atoms with Crippen molar-refractivity contribution in [1.82, 2.24) is 25.4 Å². The zero-order valence-corrected chi connectivity index (χ0v) is 35.0. The van der Waals surface area contributed by atoms with Crippen molar-refractivity contribution in [3.63, 3.8) is 0 Å². The van der Waals surface area contributed by atoms with Crippen LogP contribution in [-0.4, -0.2) is 93.4 Å². The summed E-state index contributed by atoms with van der Waals surface area (Å²) in [6, 6.07) is 5.55. The number of carbonyl (C=O) groups excluding carboxylic acids is 4. The van der Waals surface area contributed by atoms with Crippen molar-refractivity contribution in [3.8, 4) is 0 Å². The number of likely N-dealkylation sites (N-methyl/N-ethyl adjacent to an activating group) is 2. The number of amides is 3. The summed E-state index contributed by atoms with van der Waals surface area (Å²) in [5.74, 6) is -3.16. The molecule has 1 fully saturated rings. The van der Waals surface area contributed by atoms with Crippen LogP contribution in [0.1, 0.15) is 127 Å². The van der Waals surface area contributed by atoms with E-state index in [4.69, 9.17) is 10.5 Å². The summed E-state index contributed by atoms with van der Waals surface area (Å²) in [6.07, 6.45) is 4.02. The molecule has 3 amide bonds. The second-order valence-corrected chi connectivity index (χ2v) is 16.4. The fourth-order valence-electron chi connectivity index (χ4n) is 7.59. The van der Waals surface area contributed by atoms with E-state index < -0.39 is 53.5 Å². The number of nitrogen functional groups attached to an aromatic ring is 1. The van der Waals surface area contributed by atoms with Crippen molar-refractivity contribution in [1.29, 1.82) is 0 Å². The van der Waals surface area contributed by atoms with Crippen LogP contribution >= 0.6 is 11.3 Å². The maximum absolute atomic E-state index is 14.6. The largest absolute Gasteiger partial charge is 0.481 e. The number of likely N-dealkylation sites (tertiary alicyclic amines) is 1. The quantitative estimate of drug-likeness (QED) is 0.0940. The lowest BCUT2D eigenvalue weighted by Crippen LogP contribution is -2.64. The van der Waals surface area contributed by atoms with Crippen LogP contribution in [-0.2, 0) is 30.3 Å². The first-order chi connectivity index (χ1) is 26.0. The molecule has 0 bridgehead atoms. The van der Waals surface area contributed by atoms with E-state index in [1.54, 1.807) is 29.3 Å². The lowest BCUT2D eigenvalue weighted by atomic mass is 9.83. The van der Waals surface area contributed by atoms with Gasteiger partial charge in [0.1, 0.15) is 16.7 Å². The van der Waals surface area contributed by atoms with E-state index in [9.17, 15) is 29.1 Å². The summed E-state index contributed by atoms with van der Waals surface area (Å²) < 4.78 is 5.83. The molecule has 13 nitrogen and oxygen atoms in total. The monoisotopic (exact) mass is 784 g/mol. The minimum Gasteiger partial charge on any atom is -0.481 e. The number of thiazole rings is 1. The molecule has 0 spiro atoms. The van der Waals surface area contributed by atoms with Gasteiger partial charge in [0.2, 0.25) is 11.8 Å². The van der Waals surface area contributed by atoms with Crippen molar-refractivity contribution < 1.29 is 33.8 Å². The number of esters is 1. The number of benzene rings is 1. The molecule has 5 N–H and O–H groups in total. The number of carboxylic acids is 1. The molecule has 1 unspecified atom stereocenters. The van der Waals surface area contributed by atoms with E-state index in [1.807, 2.05) is 60.7 Å². The number of nitrogens with one attached hydrogen (secondary N) is 2. The first-order valence-corrected chi connectivity index (χ1v) is 20.7. The molecule has 2 heterocycles. The van der Waals surface area contributed by atoms with Gasteiger partial charge in [-0.25, -0.2) is 4.98 Å². The van der Waals surface area contributed by atoms with Gasteiger partial charge in [0.05, 0.1) is 11.5 Å². The number of aliphatic carboxylic acids is 1. The number of ether oxygens (including phenoxy) is 1. The van der Waals surface area contributed by atoms with Gasteiger partial charge in [0.15, 0.2) is 6.10 Å². The number of aromatic nitrogens is 1. The lowest BCUT2D eigenvalue weighted by Gasteiger charge is -2.45. The molecule has 1 aromatic carbocycles. The Morgan fingerprint density at radius 3 is 2.25 bits per heavy atom. The molecule has 2 aromatic rings. The maximum Gasteiger partial charge on any atom is 0.306 e. The van der Waals surface area contributed by atoms with Crippen molar-refractivity contribution in [3.05, 3.63) is 45.9 Å². The Morgan fingerprint density at radius 2 is 1.71 bits per heavy atom. The standard InChI is InChI=1S/C41H64N6O7S/c1-10-26(6)35(45-40(53)41(11-2)19-13-14-20-46(41)9)38(50)47(12-3)33(25(4)5)23-34(54-28(8)48)37-44-32(24-55-37)36(49)43-31(21-27(7)39(51)52)22-29-15-17-30(42)18-16-29/h15-18,24-27,31,33-35H,10-14,19-23,42H2,1-9H3,(H,43,49)(H,45,53)(H,51,52)/t26-,27-,31+,33+,34+,35-,41?/m0/s1. The predicted molar refractivity (Wildman–Crippen MR) is 215 cm³/mol. The Morgan fingerprint density at radius 1 is 1.04 bits per heavy atom. The van der Waals surface area contributed by atoms with E-state index in [-0.39, 0.29) is 42.2 Å². The van der Waals surface area contributed by atoms with Gasteiger partial charge in [-0.05, 0) is 88.6 Å². The average Bonchev–Trinajstić information content (AvgIpc) is 3.64. The molecule has 1 aromatic heterocycles. The highest BCUT2D eigenvalue weighted by Gasteiger charge is 2.45. The molecule has 3 rings (SSSR count). The molecule has 1 saturated heterocycles. The molecule has 1 aliphatic rings. The number of hydrogen-bond donors (Lipinski definition) is 4. The summed E-state index contributed by atoms with van der Waals surface area (Å²) in [6.45, 7) is 16.0. The summed E-state index contributed by atoms with van der Waals surface area (Å²) in [4.78, 5) is 74.9. The fourth-order valence-corrected chi connectivity index (χ4v) is 8.43. The molecule has 1 aliphatic heterocycles. The minimum absolute atomic E-state index is 0.0604. The van der Waals surface area contributed by atoms with Crippen LogP contribution in [0.5, 0.6) is 0 Å². The van der Waals surface area contributed by atoms with Crippen molar-refractivity contribution >= 4 is 46.7 Å². The first kappa shape index (κ1) is 45.4. The first-order valence-electron chi connectivity index (χ1n) is 19.8. The van der Waals surface area contributed by atoms with Crippen LogP contribution in [0.25, 0.3) is 0 Å². The summed E-state index contributed by atoms with van der Waals surface area (Å²) in [7, 11) is 1.98. The van der Waals surface area contributed by atoms with E-state index >= 15 is 0 Å². The zero-order valence-electron chi connectivity index (χ0n) is 34.2. The van der Waals surface area contributed by atoms with Crippen LogP contribution in [0.4, 0.5) is 5.69 Å². The normalized spacial score (nSPS) is 19.4. The van der Waals surface area contributed by atoms with Crippen molar-refractivity contribution in [2.24, 2.45) is 17.8 Å². The van der Waals surface area contributed by atoms with Gasteiger partial charge in [-0.1, -0.05) is 60.1 Å². The predicted octanol–water partition coefficient (Wildman–Crippen LogP) is 5.84. The van der Waals surface area contributed by atoms with Gasteiger partial charge in [0.25, 0.3) is 5.91 Å². The van der Waals surface area contributed by atoms with Gasteiger partial charge in [-0.15, -0.1) is 11.3 Å². The molecule has 14 heteroatoms. The molecular weight excluding hydrogens is 721 g/mol. The number of nitrogens with two attached hydrogens (primary N) is 1. The number of anilines is 1. The van der Waals surface area contributed by atoms with Crippen LogP contribution in [0.2, 0.25) is 0 Å². The van der Waals surface area contributed by atoms with Crippen molar-refractivity contribution in [2.45, 2.75) is 137 Å². The third kappa shape index (κ3) is 12.0. The summed E-state index contributed by atoms with van der Waals surface area (Å²) in [5, 5.41) is 17.8. The molecule has 7 atom stereocenters. The van der Waals surface area contributed by atoms with Gasteiger partial charge in [-0.2, -0.15) is 0 Å². The summed E-state index contributed by atoms with van der Waals surface area (Å²) in [5.41, 5.74) is 6.78. The highest BCUT2D eigenvalue weighted by molar-refractivity contribution is 7.09. The Kier molecular flexibility index (Phi) is 17.1. The number of carbonyl (C=O) groups is 5. The van der Waals surface area contributed by atoms with Gasteiger partial charge < -0.3 is 31.1 Å². The smallest absolute Gasteiger partial charge is 0.306 e. The SMILES string of the molecule is CC[C@H](C)[C@H](NC(=O)C1(CC)CCCCN1C)C(=O)N(CC)[C@H](C[C@@H](OC(C)=O)c1nc(C(=O)N[C@@H](Cc2ccc(N)cc2)C[C@H](C)C(=O)O)cs1)C(C)C. The third-order valence-electron chi connectivity index (χ3n) is 11.3. The van der Waals surface area contributed by atoms with E-state index in [2.05, 4.69) is 20.5 Å². The second-order valence-electron chi connectivity index (χ2n) is 15.5. The number of carboxylic acid groups (broad SMARTS) is 1. The number of hydrogen-bond acceptors (Lipinski definition) is 10. The van der Waals surface area contributed by atoms with Crippen LogP contribution in [0, 0.1) is 17.8 Å². The number of piperidine rings is 1. The second kappa shape index (κ2) is 20.8. The minimum atomic E-state index is -0.962. The van der Waals surface area contributed by atoms with Crippen LogP contribution in [0.15, 0.2) is 29.6 Å². The lowest BCUT2D eigenvalue weighted by molar-refractivity contribution is -0.150. The van der Waals surface area contributed by atoms with E-state index in [1.165, 1.54) is 18.3 Å². The van der Waals surface area contributed by atoms with Gasteiger partial charge in [-0.3, -0.25) is 28.9 Å². The van der Waals surface area contributed by atoms with E-state index in [0.29, 0.717) is 36.5 Å².